The van der Waals surface area contributed by atoms with Gasteiger partial charge in [0.05, 0.1) is 33.6 Å². The van der Waals surface area contributed by atoms with Crippen molar-refractivity contribution in [2.75, 3.05) is 23.5 Å². The molecule has 0 unspecified atom stereocenters. The fourth-order valence-electron chi connectivity index (χ4n) is 3.62. The molecule has 1 N–H and O–H groups in total. The Kier molecular flexibility index (Phi) is 8.16. The van der Waals surface area contributed by atoms with Crippen molar-refractivity contribution in [1.82, 2.24) is 0 Å². The number of nitrogens with one attached hydrogen (secondary N) is 1. The minimum Gasteiger partial charge on any atom is -0.490 e. The van der Waals surface area contributed by atoms with Crippen molar-refractivity contribution < 1.29 is 19.1 Å². The number of halogens is 2. The molecule has 0 aromatic heterocycles. The maximum absolute atomic E-state index is 13.1. The van der Waals surface area contributed by atoms with E-state index in [0.717, 1.165) is 5.56 Å². The van der Waals surface area contributed by atoms with E-state index in [1.54, 1.807) is 49.4 Å². The van der Waals surface area contributed by atoms with Gasteiger partial charge in [-0.1, -0.05) is 47.0 Å². The van der Waals surface area contributed by atoms with Crippen LogP contribution in [0.15, 0.2) is 71.3 Å². The molecule has 7 nitrogen and oxygen atoms in total. The summed E-state index contributed by atoms with van der Waals surface area (Å²) in [5.74, 6) is 0.301. The van der Waals surface area contributed by atoms with Crippen molar-refractivity contribution in [3.05, 3.63) is 87.4 Å². The number of benzene rings is 3. The molecule has 0 aliphatic carbocycles. The van der Waals surface area contributed by atoms with Crippen molar-refractivity contribution in [2.45, 2.75) is 20.8 Å². The van der Waals surface area contributed by atoms with Crippen LogP contribution >= 0.6 is 23.2 Å². The van der Waals surface area contributed by atoms with Crippen molar-refractivity contribution in [3.8, 4) is 11.5 Å². The van der Waals surface area contributed by atoms with Crippen LogP contribution in [0.5, 0.6) is 11.5 Å². The molecule has 0 fully saturated rings. The monoisotopic (exact) mass is 537 g/mol. The number of nitrogens with zero attached hydrogens (tertiary/aromatic N) is 2. The molecule has 1 aliphatic rings. The summed E-state index contributed by atoms with van der Waals surface area (Å²) in [6, 6.07) is 17.6. The van der Waals surface area contributed by atoms with Crippen LogP contribution in [0, 0.1) is 6.92 Å². The standard InChI is InChI=1S/C28H25Cl2N3O4/c1-4-36-26-14-19(7-12-25(26)37-16-27(34)31-20-8-5-17(2)6-9-20)13-22-18(3)32-33(28(22)35)21-10-11-23(29)24(30)15-21/h5-15H,4,16H2,1-3H3,(H,31,34)/b22-13-. The molecule has 3 aromatic carbocycles. The van der Waals surface area contributed by atoms with Crippen LogP contribution in [0.4, 0.5) is 11.4 Å². The predicted molar refractivity (Wildman–Crippen MR) is 148 cm³/mol. The zero-order valence-electron chi connectivity index (χ0n) is 20.5. The third kappa shape index (κ3) is 6.31. The Bertz CT molecular complexity index is 1400. The van der Waals surface area contributed by atoms with E-state index in [1.807, 2.05) is 38.1 Å². The first-order chi connectivity index (χ1) is 17.7. The minimum atomic E-state index is -0.290. The highest BCUT2D eigenvalue weighted by atomic mass is 35.5. The summed E-state index contributed by atoms with van der Waals surface area (Å²) >= 11 is 12.1. The van der Waals surface area contributed by atoms with Gasteiger partial charge in [0.15, 0.2) is 18.1 Å². The average Bonchev–Trinajstić information content (AvgIpc) is 3.15. The molecule has 0 bridgehead atoms. The summed E-state index contributed by atoms with van der Waals surface area (Å²) in [6.07, 6.45) is 1.73. The van der Waals surface area contributed by atoms with Crippen molar-refractivity contribution in [3.63, 3.8) is 0 Å². The fraction of sp³-hybridized carbons (Fsp3) is 0.179. The highest BCUT2D eigenvalue weighted by Crippen LogP contribution is 2.33. The second-order valence-electron chi connectivity index (χ2n) is 8.30. The Morgan fingerprint density at radius 3 is 2.43 bits per heavy atom. The Morgan fingerprint density at radius 2 is 1.73 bits per heavy atom. The fourth-order valence-corrected chi connectivity index (χ4v) is 3.91. The number of aryl methyl sites for hydroxylation is 1. The van der Waals surface area contributed by atoms with E-state index in [9.17, 15) is 9.59 Å². The Balaban J connectivity index is 1.49. The number of hydrogen-bond acceptors (Lipinski definition) is 5. The number of hydrazone groups is 1. The third-order valence-corrected chi connectivity index (χ3v) is 6.22. The van der Waals surface area contributed by atoms with E-state index in [0.29, 0.717) is 56.4 Å². The third-order valence-electron chi connectivity index (χ3n) is 5.48. The van der Waals surface area contributed by atoms with Crippen LogP contribution in [0.2, 0.25) is 10.0 Å². The summed E-state index contributed by atoms with van der Waals surface area (Å²) in [5.41, 5.74) is 4.02. The molecule has 1 aliphatic heterocycles. The van der Waals surface area contributed by atoms with E-state index < -0.39 is 0 Å². The normalized spacial score (nSPS) is 14.1. The van der Waals surface area contributed by atoms with E-state index in [2.05, 4.69) is 10.4 Å². The summed E-state index contributed by atoms with van der Waals surface area (Å²) in [6.45, 7) is 5.81. The molecule has 0 radical (unpaired) electrons. The van der Waals surface area contributed by atoms with Gasteiger partial charge >= 0.3 is 0 Å². The van der Waals surface area contributed by atoms with Crippen LogP contribution in [-0.4, -0.2) is 30.7 Å². The molecule has 2 amide bonds. The smallest absolute Gasteiger partial charge is 0.280 e. The summed E-state index contributed by atoms with van der Waals surface area (Å²) in [7, 11) is 0. The predicted octanol–water partition coefficient (Wildman–Crippen LogP) is 6.52. The lowest BCUT2D eigenvalue weighted by Crippen LogP contribution is -2.21. The number of rotatable bonds is 8. The number of ether oxygens (including phenoxy) is 2. The van der Waals surface area contributed by atoms with E-state index in [1.165, 1.54) is 5.01 Å². The van der Waals surface area contributed by atoms with Gasteiger partial charge in [-0.05, 0) is 74.9 Å². The largest absolute Gasteiger partial charge is 0.490 e. The number of carbonyl (C=O) groups excluding carboxylic acids is 2. The van der Waals surface area contributed by atoms with Crippen LogP contribution < -0.4 is 19.8 Å². The van der Waals surface area contributed by atoms with Crippen LogP contribution in [-0.2, 0) is 9.59 Å². The summed E-state index contributed by atoms with van der Waals surface area (Å²) in [5, 5.41) is 9.20. The van der Waals surface area contributed by atoms with Gasteiger partial charge in [0, 0.05) is 5.69 Å². The molecule has 0 atom stereocenters. The van der Waals surface area contributed by atoms with Crippen LogP contribution in [0.3, 0.4) is 0 Å². The molecule has 4 rings (SSSR count). The van der Waals surface area contributed by atoms with E-state index in [4.69, 9.17) is 32.7 Å². The molecular formula is C28H25Cl2N3O4. The second kappa shape index (κ2) is 11.5. The average molecular weight is 538 g/mol. The molecule has 1 heterocycles. The lowest BCUT2D eigenvalue weighted by molar-refractivity contribution is -0.118. The van der Waals surface area contributed by atoms with Gasteiger partial charge in [0.1, 0.15) is 0 Å². The molecule has 190 valence electrons. The van der Waals surface area contributed by atoms with Crippen molar-refractivity contribution in [2.24, 2.45) is 5.10 Å². The maximum Gasteiger partial charge on any atom is 0.280 e. The summed E-state index contributed by atoms with van der Waals surface area (Å²) in [4.78, 5) is 25.4. The Hall–Kier alpha value is -3.81. The molecule has 9 heteroatoms. The lowest BCUT2D eigenvalue weighted by Gasteiger charge is -2.13. The van der Waals surface area contributed by atoms with Gasteiger partial charge in [0.2, 0.25) is 0 Å². The number of carbonyl (C=O) groups is 2. The Labute approximate surface area is 225 Å². The minimum absolute atomic E-state index is 0.183. The Morgan fingerprint density at radius 1 is 0.973 bits per heavy atom. The van der Waals surface area contributed by atoms with Gasteiger partial charge in [-0.3, -0.25) is 9.59 Å². The van der Waals surface area contributed by atoms with E-state index >= 15 is 0 Å². The highest BCUT2D eigenvalue weighted by Gasteiger charge is 2.29. The molecule has 0 saturated heterocycles. The van der Waals surface area contributed by atoms with Gasteiger partial charge in [0.25, 0.3) is 11.8 Å². The van der Waals surface area contributed by atoms with Gasteiger partial charge in [-0.25, -0.2) is 0 Å². The first-order valence-electron chi connectivity index (χ1n) is 11.6. The number of hydrogen-bond donors (Lipinski definition) is 1. The maximum atomic E-state index is 13.1. The quantitative estimate of drug-likeness (QED) is 0.331. The topological polar surface area (TPSA) is 80.2 Å². The highest BCUT2D eigenvalue weighted by molar-refractivity contribution is 6.42. The molecule has 37 heavy (non-hydrogen) atoms. The zero-order valence-corrected chi connectivity index (χ0v) is 22.1. The molecule has 0 spiro atoms. The van der Waals surface area contributed by atoms with E-state index in [-0.39, 0.29) is 18.4 Å². The van der Waals surface area contributed by atoms with Crippen LogP contribution in [0.1, 0.15) is 25.0 Å². The van der Waals surface area contributed by atoms with Crippen LogP contribution in [0.25, 0.3) is 6.08 Å². The van der Waals surface area contributed by atoms with Gasteiger partial charge < -0.3 is 14.8 Å². The van der Waals surface area contributed by atoms with Crippen molar-refractivity contribution in [1.29, 1.82) is 0 Å². The van der Waals surface area contributed by atoms with Gasteiger partial charge in [-0.2, -0.15) is 10.1 Å². The molecular weight excluding hydrogens is 513 g/mol. The van der Waals surface area contributed by atoms with Gasteiger partial charge in [-0.15, -0.1) is 0 Å². The molecule has 3 aromatic rings. The zero-order chi connectivity index (χ0) is 26.5. The van der Waals surface area contributed by atoms with Crippen molar-refractivity contribution >= 4 is 58.2 Å². The SMILES string of the molecule is CCOc1cc(/C=C2\C(=O)N(c3ccc(Cl)c(Cl)c3)N=C2C)ccc1OCC(=O)Nc1ccc(C)cc1. The second-order valence-corrected chi connectivity index (χ2v) is 9.12. The number of anilines is 2. The lowest BCUT2D eigenvalue weighted by atomic mass is 10.1. The first kappa shape index (κ1) is 26.3. The molecule has 0 saturated carbocycles. The number of amides is 2. The summed E-state index contributed by atoms with van der Waals surface area (Å²) < 4.78 is 11.5. The first-order valence-corrected chi connectivity index (χ1v) is 12.3.